The van der Waals surface area contributed by atoms with E-state index in [9.17, 15) is 0 Å². The van der Waals surface area contributed by atoms with E-state index in [0.717, 1.165) is 19.3 Å². The summed E-state index contributed by atoms with van der Waals surface area (Å²) in [6.45, 7) is 0. The maximum absolute atomic E-state index is 3.74. The molecule has 0 aromatic heterocycles. The molecule has 2 aliphatic rings. The van der Waals surface area contributed by atoms with Crippen LogP contribution in [0.15, 0.2) is 54.6 Å². The third kappa shape index (κ3) is 1.56. The summed E-state index contributed by atoms with van der Waals surface area (Å²) in [4.78, 5) is 0. The first-order valence-corrected chi connectivity index (χ1v) is 7.65. The highest BCUT2D eigenvalue weighted by Gasteiger charge is 2.23. The van der Waals surface area contributed by atoms with Crippen molar-refractivity contribution in [3.63, 3.8) is 0 Å². The molecule has 5 rings (SSSR count). The van der Waals surface area contributed by atoms with Gasteiger partial charge in [-0.05, 0) is 75.9 Å². The minimum atomic E-state index is 1.05. The molecule has 0 N–H and O–H groups in total. The largest absolute Gasteiger partial charge is 0.0620 e. The molecule has 21 heavy (non-hydrogen) atoms. The molecule has 0 saturated carbocycles. The molecule has 0 unspecified atom stereocenters. The van der Waals surface area contributed by atoms with Crippen LogP contribution >= 0.6 is 0 Å². The van der Waals surface area contributed by atoms with Gasteiger partial charge in [0.25, 0.3) is 0 Å². The van der Waals surface area contributed by atoms with Gasteiger partial charge in [0, 0.05) is 0 Å². The fourth-order valence-corrected chi connectivity index (χ4v) is 3.83. The van der Waals surface area contributed by atoms with Gasteiger partial charge in [-0.15, -0.1) is 0 Å². The van der Waals surface area contributed by atoms with Crippen LogP contribution in [0.4, 0.5) is 0 Å². The molecule has 3 aromatic carbocycles. The van der Waals surface area contributed by atoms with Crippen molar-refractivity contribution in [1.29, 1.82) is 0 Å². The van der Waals surface area contributed by atoms with E-state index in [4.69, 9.17) is 0 Å². The molecule has 0 fully saturated rings. The van der Waals surface area contributed by atoms with Gasteiger partial charge in [-0.2, -0.15) is 0 Å². The topological polar surface area (TPSA) is 0 Å². The van der Waals surface area contributed by atoms with Crippen LogP contribution in [0.3, 0.4) is 0 Å². The lowest BCUT2D eigenvalue weighted by atomic mass is 9.83. The Morgan fingerprint density at radius 1 is 0.667 bits per heavy atom. The van der Waals surface area contributed by atoms with E-state index in [1.54, 1.807) is 0 Å². The lowest BCUT2D eigenvalue weighted by Gasteiger charge is -2.20. The quantitative estimate of drug-likeness (QED) is 0.428. The smallest absolute Gasteiger partial charge is 0.00130 e. The van der Waals surface area contributed by atoms with E-state index in [1.807, 2.05) is 0 Å². The van der Waals surface area contributed by atoms with E-state index in [0.29, 0.717) is 0 Å². The Balaban J connectivity index is 1.76. The second-order valence-electron chi connectivity index (χ2n) is 6.05. The highest BCUT2D eigenvalue weighted by molar-refractivity contribution is 5.83. The first kappa shape index (κ1) is 11.3. The Kier molecular flexibility index (Phi) is 2.20. The molecule has 99 valence electrons. The van der Waals surface area contributed by atoms with E-state index >= 15 is 0 Å². The van der Waals surface area contributed by atoms with Crippen LogP contribution in [0.2, 0.25) is 0 Å². The zero-order valence-electron chi connectivity index (χ0n) is 11.8. The summed E-state index contributed by atoms with van der Waals surface area (Å²) in [5, 5.41) is 0. The van der Waals surface area contributed by atoms with Gasteiger partial charge in [0.1, 0.15) is 0 Å². The van der Waals surface area contributed by atoms with Gasteiger partial charge in [-0.1, -0.05) is 48.5 Å². The van der Waals surface area contributed by atoms with Crippen molar-refractivity contribution in [3.05, 3.63) is 82.9 Å². The van der Waals surface area contributed by atoms with Gasteiger partial charge in [-0.3, -0.25) is 0 Å². The minimum absolute atomic E-state index is 1.05. The molecule has 0 atom stereocenters. The van der Waals surface area contributed by atoms with E-state index < -0.39 is 0 Å². The highest BCUT2D eigenvalue weighted by atomic mass is 14.3. The number of hydrogen-bond donors (Lipinski definition) is 0. The first-order chi connectivity index (χ1) is 10.4. The van der Waals surface area contributed by atoms with Crippen molar-refractivity contribution >= 4 is 0 Å². The lowest BCUT2D eigenvalue weighted by molar-refractivity contribution is 0.939. The summed E-state index contributed by atoms with van der Waals surface area (Å²) in [5.41, 5.74) is 11.3. The fourth-order valence-electron chi connectivity index (χ4n) is 3.83. The van der Waals surface area contributed by atoms with Crippen LogP contribution in [-0.2, 0) is 19.3 Å². The number of rotatable bonds is 0. The standard InChI is InChI=1S/C21H15/c1-3-7-18-14(5-1)9-10-16-12-21-17(13-20(16)18)11-15-6-2-4-8-19(15)21/h1-8,13H,9-11H2. The molecule has 0 spiro atoms. The van der Waals surface area contributed by atoms with Crippen molar-refractivity contribution in [2.75, 3.05) is 0 Å². The second kappa shape index (κ2) is 4.08. The molecule has 3 aromatic rings. The van der Waals surface area contributed by atoms with Crippen molar-refractivity contribution in [3.8, 4) is 22.3 Å². The van der Waals surface area contributed by atoms with E-state index in [1.165, 1.54) is 44.5 Å². The number of benzene rings is 3. The molecule has 0 nitrogen and oxygen atoms in total. The fraction of sp³-hybridized carbons (Fsp3) is 0.143. The average molecular weight is 267 g/mol. The van der Waals surface area contributed by atoms with Gasteiger partial charge in [0.05, 0.1) is 0 Å². The second-order valence-corrected chi connectivity index (χ2v) is 6.05. The summed E-state index contributed by atoms with van der Waals surface area (Å²) in [5.74, 6) is 0. The van der Waals surface area contributed by atoms with E-state index in [2.05, 4.69) is 60.7 Å². The third-order valence-electron chi connectivity index (χ3n) is 4.86. The average Bonchev–Trinajstić information content (AvgIpc) is 2.90. The Morgan fingerprint density at radius 3 is 2.33 bits per heavy atom. The minimum Gasteiger partial charge on any atom is -0.0620 e. The van der Waals surface area contributed by atoms with Crippen molar-refractivity contribution in [2.45, 2.75) is 19.3 Å². The molecule has 0 heterocycles. The molecule has 2 aliphatic carbocycles. The molecule has 0 aliphatic heterocycles. The Hall–Kier alpha value is -2.34. The highest BCUT2D eigenvalue weighted by Crippen LogP contribution is 2.42. The molecular weight excluding hydrogens is 252 g/mol. The van der Waals surface area contributed by atoms with Crippen LogP contribution in [0.1, 0.15) is 22.3 Å². The van der Waals surface area contributed by atoms with Crippen LogP contribution in [0, 0.1) is 6.07 Å². The summed E-state index contributed by atoms with van der Waals surface area (Å²) in [6, 6.07) is 23.7. The lowest BCUT2D eigenvalue weighted by Crippen LogP contribution is -2.04. The molecular formula is C21H15. The Morgan fingerprint density at radius 2 is 1.43 bits per heavy atom. The summed E-state index contributed by atoms with van der Waals surface area (Å²) in [7, 11) is 0. The molecule has 0 saturated heterocycles. The summed E-state index contributed by atoms with van der Waals surface area (Å²) < 4.78 is 0. The number of aryl methyl sites for hydroxylation is 2. The predicted octanol–water partition coefficient (Wildman–Crippen LogP) is 4.82. The molecule has 0 bridgehead atoms. The monoisotopic (exact) mass is 267 g/mol. The van der Waals surface area contributed by atoms with Crippen molar-refractivity contribution < 1.29 is 0 Å². The zero-order valence-corrected chi connectivity index (χ0v) is 11.8. The maximum atomic E-state index is 3.74. The predicted molar refractivity (Wildman–Crippen MR) is 86.4 cm³/mol. The van der Waals surface area contributed by atoms with Gasteiger partial charge in [0.15, 0.2) is 0 Å². The van der Waals surface area contributed by atoms with Crippen LogP contribution in [0.25, 0.3) is 22.3 Å². The van der Waals surface area contributed by atoms with Crippen LogP contribution < -0.4 is 0 Å². The van der Waals surface area contributed by atoms with Gasteiger partial charge >= 0.3 is 0 Å². The summed E-state index contributed by atoms with van der Waals surface area (Å²) in [6.07, 6.45) is 3.30. The third-order valence-corrected chi connectivity index (χ3v) is 4.86. The molecule has 1 radical (unpaired) electrons. The number of hydrogen-bond acceptors (Lipinski definition) is 0. The summed E-state index contributed by atoms with van der Waals surface area (Å²) >= 11 is 0. The van der Waals surface area contributed by atoms with Gasteiger partial charge in [0.2, 0.25) is 0 Å². The van der Waals surface area contributed by atoms with Crippen LogP contribution in [0.5, 0.6) is 0 Å². The van der Waals surface area contributed by atoms with Gasteiger partial charge < -0.3 is 0 Å². The van der Waals surface area contributed by atoms with Crippen LogP contribution in [-0.4, -0.2) is 0 Å². The normalized spacial score (nSPS) is 14.1. The van der Waals surface area contributed by atoms with Gasteiger partial charge in [-0.25, -0.2) is 0 Å². The Labute approximate surface area is 125 Å². The SMILES string of the molecule is [c]1c2c(cc3c1-c1ccccc1C3)-c1ccccc1CC2. The number of fused-ring (bicyclic) bond motifs is 6. The van der Waals surface area contributed by atoms with Crippen molar-refractivity contribution in [1.82, 2.24) is 0 Å². The first-order valence-electron chi connectivity index (χ1n) is 7.65. The maximum Gasteiger partial charge on any atom is -0.00130 e. The van der Waals surface area contributed by atoms with Crippen molar-refractivity contribution in [2.24, 2.45) is 0 Å². The molecule has 0 amide bonds. The molecule has 0 heteroatoms. The van der Waals surface area contributed by atoms with E-state index in [-0.39, 0.29) is 0 Å². The zero-order chi connectivity index (χ0) is 13.8. The Bertz CT molecular complexity index is 871.